The number of anilines is 1. The summed E-state index contributed by atoms with van der Waals surface area (Å²) in [7, 11) is 1.81. The van der Waals surface area contributed by atoms with Crippen LogP contribution in [-0.2, 0) is 7.05 Å². The predicted octanol–water partition coefficient (Wildman–Crippen LogP) is 1.06. The lowest BCUT2D eigenvalue weighted by Crippen LogP contribution is -1.93. The fourth-order valence-corrected chi connectivity index (χ4v) is 1.12. The summed E-state index contributed by atoms with van der Waals surface area (Å²) in [5.74, 6) is 0.546. The topological polar surface area (TPSA) is 64.3 Å². The summed E-state index contributed by atoms with van der Waals surface area (Å²) in [6.45, 7) is 0. The fourth-order valence-electron chi connectivity index (χ4n) is 1.12. The zero-order chi connectivity index (χ0) is 8.01. The third-order valence-electron chi connectivity index (χ3n) is 1.75. The second-order valence-electron chi connectivity index (χ2n) is 2.46. The highest BCUT2D eigenvalue weighted by Crippen LogP contribution is 2.26. The summed E-state index contributed by atoms with van der Waals surface area (Å²) in [6.07, 6.45) is 0. The molecule has 0 bridgehead atoms. The van der Waals surface area contributed by atoms with Crippen LogP contribution in [0, 0.1) is 0 Å². The second-order valence-corrected chi connectivity index (χ2v) is 2.46. The third-order valence-corrected chi connectivity index (χ3v) is 1.75. The third kappa shape index (κ3) is 0.690. The molecular weight excluding hydrogens is 144 g/mol. The van der Waals surface area contributed by atoms with Gasteiger partial charge in [0, 0.05) is 19.2 Å². The molecule has 0 aromatic carbocycles. The monoisotopic (exact) mass is 152 g/mol. The molecule has 2 aromatic heterocycles. The van der Waals surface area contributed by atoms with Gasteiger partial charge in [-0.3, -0.25) is 0 Å². The molecule has 0 atom stereocenters. The average Bonchev–Trinajstić information content (AvgIpc) is 2.37. The normalized spacial score (nSPS) is 11.0. The van der Waals surface area contributed by atoms with Gasteiger partial charge in [0.05, 0.1) is 5.52 Å². The predicted molar refractivity (Wildman–Crippen MR) is 41.3 cm³/mol. The van der Waals surface area contributed by atoms with E-state index in [1.54, 1.807) is 10.6 Å². The molecule has 11 heavy (non-hydrogen) atoms. The van der Waals surface area contributed by atoms with Crippen LogP contribution >= 0.6 is 0 Å². The van der Waals surface area contributed by atoms with Crippen molar-refractivity contribution in [2.75, 3.05) is 5.73 Å². The molecule has 0 amide bonds. The first kappa shape index (κ1) is 6.15. The molecule has 0 aliphatic carbocycles. The Morgan fingerprint density at radius 1 is 1.55 bits per heavy atom. The quantitative estimate of drug-likeness (QED) is 0.593. The van der Waals surface area contributed by atoms with E-state index in [0.717, 1.165) is 5.52 Å². The Labute approximate surface area is 62.8 Å². The largest absolute Gasteiger partial charge is 0.481 e. The summed E-state index contributed by atoms with van der Waals surface area (Å²) in [6, 6.07) is 3.21. The average molecular weight is 152 g/mol. The molecule has 0 saturated carbocycles. The Bertz CT molecular complexity index is 400. The number of nitrogen functional groups attached to an aromatic ring is 1. The van der Waals surface area contributed by atoms with Crippen LogP contribution in [0.25, 0.3) is 11.1 Å². The van der Waals surface area contributed by atoms with Crippen LogP contribution in [0.15, 0.2) is 16.5 Å². The van der Waals surface area contributed by atoms with Gasteiger partial charge in [-0.2, -0.15) is 0 Å². The Kier molecular flexibility index (Phi) is 0.961. The maximum Gasteiger partial charge on any atom is 0.284 e. The highest BCUT2D eigenvalue weighted by molar-refractivity contribution is 5.80. The van der Waals surface area contributed by atoms with E-state index in [2.05, 4.69) is 0 Å². The number of aromatic hydroxyl groups is 1. The van der Waals surface area contributed by atoms with Crippen molar-refractivity contribution in [1.82, 2.24) is 4.57 Å². The lowest BCUT2D eigenvalue weighted by atomic mass is 10.5. The van der Waals surface area contributed by atoms with E-state index in [-0.39, 0.29) is 5.95 Å². The molecule has 4 heteroatoms. The Balaban J connectivity index is 2.88. The molecule has 0 fully saturated rings. The van der Waals surface area contributed by atoms with Gasteiger partial charge in [0.25, 0.3) is 5.95 Å². The molecule has 2 heterocycles. The number of hydrogen-bond donors (Lipinski definition) is 2. The van der Waals surface area contributed by atoms with Crippen LogP contribution in [-0.4, -0.2) is 9.67 Å². The van der Waals surface area contributed by atoms with Gasteiger partial charge in [0.15, 0.2) is 5.58 Å². The lowest BCUT2D eigenvalue weighted by molar-refractivity contribution is 0.346. The van der Waals surface area contributed by atoms with Crippen molar-refractivity contribution in [3.05, 3.63) is 12.1 Å². The highest BCUT2D eigenvalue weighted by atomic mass is 16.5. The molecule has 0 unspecified atom stereocenters. The summed E-state index contributed by atoms with van der Waals surface area (Å²) in [5.41, 5.74) is 6.99. The van der Waals surface area contributed by atoms with Crippen molar-refractivity contribution in [3.8, 4) is 5.95 Å². The Hall–Kier alpha value is -1.58. The van der Waals surface area contributed by atoms with Gasteiger partial charge in [0.1, 0.15) is 5.82 Å². The second kappa shape index (κ2) is 1.72. The van der Waals surface area contributed by atoms with Crippen molar-refractivity contribution in [1.29, 1.82) is 0 Å². The highest BCUT2D eigenvalue weighted by Gasteiger charge is 2.07. The fraction of sp³-hybridized carbons (Fsp3) is 0.143. The van der Waals surface area contributed by atoms with Crippen LogP contribution in [0.5, 0.6) is 5.95 Å². The van der Waals surface area contributed by atoms with E-state index in [1.165, 1.54) is 6.07 Å². The number of furan rings is 1. The zero-order valence-corrected chi connectivity index (χ0v) is 6.03. The number of nitrogens with zero attached hydrogens (tertiary/aromatic N) is 1. The van der Waals surface area contributed by atoms with E-state index >= 15 is 0 Å². The number of aromatic nitrogens is 1. The molecule has 0 aliphatic heterocycles. The molecular formula is C7H8N2O2. The lowest BCUT2D eigenvalue weighted by Gasteiger charge is -1.92. The van der Waals surface area contributed by atoms with Crippen LogP contribution in [0.2, 0.25) is 0 Å². The summed E-state index contributed by atoms with van der Waals surface area (Å²) >= 11 is 0. The summed E-state index contributed by atoms with van der Waals surface area (Å²) < 4.78 is 6.67. The van der Waals surface area contributed by atoms with Gasteiger partial charge >= 0.3 is 0 Å². The number of fused-ring (bicyclic) bond motifs is 1. The zero-order valence-electron chi connectivity index (χ0n) is 6.03. The van der Waals surface area contributed by atoms with E-state index < -0.39 is 0 Å². The summed E-state index contributed by atoms with van der Waals surface area (Å²) in [4.78, 5) is 0. The smallest absolute Gasteiger partial charge is 0.284 e. The van der Waals surface area contributed by atoms with E-state index in [1.807, 2.05) is 7.05 Å². The maximum absolute atomic E-state index is 8.94. The van der Waals surface area contributed by atoms with Crippen molar-refractivity contribution < 1.29 is 9.52 Å². The van der Waals surface area contributed by atoms with Gasteiger partial charge in [-0.1, -0.05) is 0 Å². The van der Waals surface area contributed by atoms with Gasteiger partial charge < -0.3 is 19.8 Å². The number of hydrogen-bond acceptors (Lipinski definition) is 3. The molecule has 0 spiro atoms. The minimum Gasteiger partial charge on any atom is -0.481 e. The Morgan fingerprint density at radius 3 is 2.91 bits per heavy atom. The summed E-state index contributed by atoms with van der Waals surface area (Å²) in [5, 5.41) is 8.94. The van der Waals surface area contributed by atoms with Crippen LogP contribution in [0.3, 0.4) is 0 Å². The van der Waals surface area contributed by atoms with Crippen LogP contribution in [0.4, 0.5) is 5.82 Å². The van der Waals surface area contributed by atoms with E-state index in [4.69, 9.17) is 15.3 Å². The molecule has 0 aliphatic rings. The first-order valence-corrected chi connectivity index (χ1v) is 3.22. The minimum absolute atomic E-state index is 0.0781. The SMILES string of the molecule is Cn1c(N)cc2oc(O)cc21. The molecule has 2 rings (SSSR count). The van der Waals surface area contributed by atoms with Gasteiger partial charge in [0.2, 0.25) is 0 Å². The maximum atomic E-state index is 8.94. The van der Waals surface area contributed by atoms with Gasteiger partial charge in [-0.15, -0.1) is 0 Å². The van der Waals surface area contributed by atoms with E-state index in [0.29, 0.717) is 11.4 Å². The van der Waals surface area contributed by atoms with Crippen LogP contribution < -0.4 is 5.73 Å². The molecule has 0 saturated heterocycles. The van der Waals surface area contributed by atoms with Gasteiger partial charge in [-0.05, 0) is 0 Å². The van der Waals surface area contributed by atoms with Crippen molar-refractivity contribution in [3.63, 3.8) is 0 Å². The molecule has 3 N–H and O–H groups in total. The standard InChI is InChI=1S/C7H8N2O2/c1-9-4-2-7(10)11-5(4)3-6(9)8/h2-3,10H,8H2,1H3. The van der Waals surface area contributed by atoms with E-state index in [9.17, 15) is 0 Å². The number of rotatable bonds is 0. The number of aryl methyl sites for hydroxylation is 1. The van der Waals surface area contributed by atoms with Crippen molar-refractivity contribution in [2.45, 2.75) is 0 Å². The van der Waals surface area contributed by atoms with Crippen molar-refractivity contribution >= 4 is 16.9 Å². The molecule has 0 radical (unpaired) electrons. The molecule has 58 valence electrons. The minimum atomic E-state index is -0.0781. The van der Waals surface area contributed by atoms with Crippen molar-refractivity contribution in [2.24, 2.45) is 7.05 Å². The Morgan fingerprint density at radius 2 is 2.27 bits per heavy atom. The molecule has 2 aromatic rings. The van der Waals surface area contributed by atoms with Gasteiger partial charge in [-0.25, -0.2) is 0 Å². The first-order chi connectivity index (χ1) is 5.18. The first-order valence-electron chi connectivity index (χ1n) is 3.22. The number of nitrogens with two attached hydrogens (primary N) is 1. The van der Waals surface area contributed by atoms with Crippen LogP contribution in [0.1, 0.15) is 0 Å². The molecule has 4 nitrogen and oxygen atoms in total.